The first kappa shape index (κ1) is 12.2. The smallest absolute Gasteiger partial charge is 0.138 e. The summed E-state index contributed by atoms with van der Waals surface area (Å²) < 4.78 is 1.87. The van der Waals surface area contributed by atoms with Gasteiger partial charge in [0.1, 0.15) is 12.2 Å². The van der Waals surface area contributed by atoms with Gasteiger partial charge in [-0.15, -0.1) is 0 Å². The molecular weight excluding hydrogens is 190 g/mol. The first-order chi connectivity index (χ1) is 6.95. The van der Waals surface area contributed by atoms with Crippen LogP contribution in [0.1, 0.15) is 39.9 Å². The van der Waals surface area contributed by atoms with Crippen molar-refractivity contribution in [3.63, 3.8) is 0 Å². The van der Waals surface area contributed by atoms with E-state index in [1.807, 2.05) is 25.5 Å². The summed E-state index contributed by atoms with van der Waals surface area (Å²) in [6.07, 6.45) is 2.78. The van der Waals surface area contributed by atoms with Gasteiger partial charge < -0.3 is 5.11 Å². The summed E-state index contributed by atoms with van der Waals surface area (Å²) in [6, 6.07) is 0. The lowest BCUT2D eigenvalue weighted by atomic mass is 9.87. The van der Waals surface area contributed by atoms with Crippen LogP contribution < -0.4 is 0 Å². The highest BCUT2D eigenvalue weighted by Gasteiger charge is 2.24. The van der Waals surface area contributed by atoms with Gasteiger partial charge >= 0.3 is 0 Å². The number of rotatable bonds is 4. The van der Waals surface area contributed by atoms with E-state index in [0.717, 1.165) is 18.8 Å². The minimum absolute atomic E-state index is 0.108. The molecule has 0 aliphatic heterocycles. The van der Waals surface area contributed by atoms with Crippen molar-refractivity contribution in [2.24, 2.45) is 5.41 Å². The Morgan fingerprint density at radius 3 is 2.67 bits per heavy atom. The van der Waals surface area contributed by atoms with Crippen LogP contribution in [0.25, 0.3) is 0 Å². The SMILES string of the molecule is CCCn1ncnc1CC(O)C(C)(C)C. The van der Waals surface area contributed by atoms with Crippen LogP contribution in [0.15, 0.2) is 6.33 Å². The first-order valence-electron chi connectivity index (χ1n) is 5.50. The van der Waals surface area contributed by atoms with Crippen LogP contribution in [0.5, 0.6) is 0 Å². The van der Waals surface area contributed by atoms with E-state index in [2.05, 4.69) is 17.0 Å². The molecular formula is C11H21N3O. The van der Waals surface area contributed by atoms with E-state index < -0.39 is 0 Å². The molecule has 1 atom stereocenters. The van der Waals surface area contributed by atoms with Gasteiger partial charge in [-0.05, 0) is 11.8 Å². The Bertz CT molecular complexity index is 301. The van der Waals surface area contributed by atoms with E-state index >= 15 is 0 Å². The lowest BCUT2D eigenvalue weighted by molar-refractivity contribution is 0.0608. The first-order valence-corrected chi connectivity index (χ1v) is 5.50. The van der Waals surface area contributed by atoms with Crippen LogP contribution in [0.3, 0.4) is 0 Å². The predicted molar refractivity (Wildman–Crippen MR) is 59.5 cm³/mol. The van der Waals surface area contributed by atoms with Gasteiger partial charge in [0.05, 0.1) is 6.10 Å². The molecule has 1 heterocycles. The molecule has 0 aliphatic carbocycles. The average Bonchev–Trinajstić information content (AvgIpc) is 2.52. The zero-order valence-corrected chi connectivity index (χ0v) is 10.1. The van der Waals surface area contributed by atoms with Gasteiger partial charge in [-0.2, -0.15) is 5.10 Å². The maximum absolute atomic E-state index is 9.97. The fourth-order valence-corrected chi connectivity index (χ4v) is 1.32. The Labute approximate surface area is 91.3 Å². The van der Waals surface area contributed by atoms with Crippen molar-refractivity contribution in [2.45, 2.75) is 53.2 Å². The lowest BCUT2D eigenvalue weighted by Crippen LogP contribution is -2.29. The number of hydrogen-bond donors (Lipinski definition) is 1. The summed E-state index contributed by atoms with van der Waals surface area (Å²) in [7, 11) is 0. The van der Waals surface area contributed by atoms with Crippen molar-refractivity contribution in [3.05, 3.63) is 12.2 Å². The largest absolute Gasteiger partial charge is 0.392 e. The number of nitrogens with zero attached hydrogens (tertiary/aromatic N) is 3. The highest BCUT2D eigenvalue weighted by Crippen LogP contribution is 2.21. The summed E-state index contributed by atoms with van der Waals surface area (Å²) in [5, 5.41) is 14.1. The molecule has 0 saturated carbocycles. The second-order valence-electron chi connectivity index (χ2n) is 4.99. The number of aliphatic hydroxyl groups is 1. The third kappa shape index (κ3) is 3.30. The van der Waals surface area contributed by atoms with E-state index in [1.165, 1.54) is 0 Å². The highest BCUT2D eigenvalue weighted by molar-refractivity contribution is 4.90. The van der Waals surface area contributed by atoms with Crippen molar-refractivity contribution in [1.29, 1.82) is 0 Å². The number of aryl methyl sites for hydroxylation is 1. The molecule has 0 aromatic carbocycles. The molecule has 0 aliphatic rings. The zero-order chi connectivity index (χ0) is 11.5. The molecule has 1 aromatic rings. The van der Waals surface area contributed by atoms with Crippen LogP contribution >= 0.6 is 0 Å². The van der Waals surface area contributed by atoms with Crippen molar-refractivity contribution in [1.82, 2.24) is 14.8 Å². The standard InChI is InChI=1S/C11H21N3O/c1-5-6-14-10(12-8-13-14)7-9(15)11(2,3)4/h8-9,15H,5-7H2,1-4H3. The van der Waals surface area contributed by atoms with E-state index in [1.54, 1.807) is 6.33 Å². The third-order valence-electron chi connectivity index (χ3n) is 2.51. The summed E-state index contributed by atoms with van der Waals surface area (Å²) in [5.41, 5.74) is -0.108. The van der Waals surface area contributed by atoms with Crippen LogP contribution in [0.2, 0.25) is 0 Å². The fourth-order valence-electron chi connectivity index (χ4n) is 1.32. The summed E-state index contributed by atoms with van der Waals surface area (Å²) in [6.45, 7) is 9.05. The molecule has 4 nitrogen and oxygen atoms in total. The monoisotopic (exact) mass is 211 g/mol. The normalized spacial score (nSPS) is 14.2. The minimum Gasteiger partial charge on any atom is -0.392 e. The molecule has 1 unspecified atom stereocenters. The minimum atomic E-state index is -0.377. The van der Waals surface area contributed by atoms with Gasteiger partial charge in [-0.3, -0.25) is 4.68 Å². The molecule has 0 spiro atoms. The molecule has 1 aromatic heterocycles. The van der Waals surface area contributed by atoms with Crippen molar-refractivity contribution < 1.29 is 5.11 Å². The van der Waals surface area contributed by atoms with Gasteiger partial charge in [0.2, 0.25) is 0 Å². The molecule has 0 amide bonds. The predicted octanol–water partition coefficient (Wildman–Crippen LogP) is 1.64. The van der Waals surface area contributed by atoms with E-state index in [0.29, 0.717) is 6.42 Å². The number of aromatic nitrogens is 3. The van der Waals surface area contributed by atoms with Gasteiger partial charge in [-0.1, -0.05) is 27.7 Å². The van der Waals surface area contributed by atoms with Crippen molar-refractivity contribution >= 4 is 0 Å². The molecule has 86 valence electrons. The third-order valence-corrected chi connectivity index (χ3v) is 2.51. The summed E-state index contributed by atoms with van der Waals surface area (Å²) in [5.74, 6) is 0.874. The molecule has 0 fully saturated rings. The maximum Gasteiger partial charge on any atom is 0.138 e. The summed E-state index contributed by atoms with van der Waals surface area (Å²) in [4.78, 5) is 4.18. The fraction of sp³-hybridized carbons (Fsp3) is 0.818. The van der Waals surface area contributed by atoms with Crippen LogP contribution in [0, 0.1) is 5.41 Å². The Morgan fingerprint density at radius 1 is 1.47 bits per heavy atom. The molecule has 1 rings (SSSR count). The van der Waals surface area contributed by atoms with E-state index in [-0.39, 0.29) is 11.5 Å². The number of hydrogen-bond acceptors (Lipinski definition) is 3. The number of aliphatic hydroxyl groups excluding tert-OH is 1. The second-order valence-corrected chi connectivity index (χ2v) is 4.99. The van der Waals surface area contributed by atoms with Crippen LogP contribution in [-0.4, -0.2) is 26.0 Å². The van der Waals surface area contributed by atoms with E-state index in [9.17, 15) is 5.11 Å². The van der Waals surface area contributed by atoms with Gasteiger partial charge in [0, 0.05) is 13.0 Å². The average molecular weight is 211 g/mol. The molecule has 0 saturated heterocycles. The van der Waals surface area contributed by atoms with E-state index in [4.69, 9.17) is 0 Å². The highest BCUT2D eigenvalue weighted by atomic mass is 16.3. The molecule has 4 heteroatoms. The second kappa shape index (κ2) is 4.75. The zero-order valence-electron chi connectivity index (χ0n) is 10.1. The van der Waals surface area contributed by atoms with Crippen molar-refractivity contribution in [3.8, 4) is 0 Å². The Balaban J connectivity index is 2.68. The van der Waals surface area contributed by atoms with Crippen molar-refractivity contribution in [2.75, 3.05) is 0 Å². The molecule has 0 bridgehead atoms. The van der Waals surface area contributed by atoms with Crippen LogP contribution in [0.4, 0.5) is 0 Å². The lowest BCUT2D eigenvalue weighted by Gasteiger charge is -2.25. The van der Waals surface area contributed by atoms with Crippen LogP contribution in [-0.2, 0) is 13.0 Å². The molecule has 0 radical (unpaired) electrons. The topological polar surface area (TPSA) is 50.9 Å². The maximum atomic E-state index is 9.97. The van der Waals surface area contributed by atoms with Gasteiger partial charge in [-0.25, -0.2) is 4.98 Å². The Hall–Kier alpha value is -0.900. The Morgan fingerprint density at radius 2 is 2.13 bits per heavy atom. The summed E-state index contributed by atoms with van der Waals surface area (Å²) >= 11 is 0. The Kier molecular flexibility index (Phi) is 3.85. The van der Waals surface area contributed by atoms with Gasteiger partial charge in [0.25, 0.3) is 0 Å². The quantitative estimate of drug-likeness (QED) is 0.823. The van der Waals surface area contributed by atoms with Gasteiger partial charge in [0.15, 0.2) is 0 Å². The molecule has 1 N–H and O–H groups in total. The molecule has 15 heavy (non-hydrogen) atoms.